The van der Waals surface area contributed by atoms with E-state index in [0.29, 0.717) is 43.1 Å². The van der Waals surface area contributed by atoms with E-state index < -0.39 is 0 Å². The number of ketones is 1. The van der Waals surface area contributed by atoms with Crippen molar-refractivity contribution in [2.24, 2.45) is 5.92 Å². The van der Waals surface area contributed by atoms with Crippen LogP contribution in [0, 0.1) is 11.7 Å². The van der Waals surface area contributed by atoms with E-state index in [9.17, 15) is 9.18 Å². The molecule has 1 aliphatic carbocycles. The highest BCUT2D eigenvalue weighted by molar-refractivity contribution is 5.81. The maximum Gasteiger partial charge on any atom is 0.233 e. The summed E-state index contributed by atoms with van der Waals surface area (Å²) in [6.07, 6.45) is 9.38. The van der Waals surface area contributed by atoms with Crippen molar-refractivity contribution in [3.63, 3.8) is 0 Å². The van der Waals surface area contributed by atoms with E-state index in [1.165, 1.54) is 44.2 Å². The molecular formula is C29H37FN6O. The quantitative estimate of drug-likeness (QED) is 0.240. The highest BCUT2D eigenvalue weighted by Gasteiger charge is 2.15. The van der Waals surface area contributed by atoms with Crippen LogP contribution in [0.5, 0.6) is 0 Å². The molecule has 8 heteroatoms. The molecule has 4 rings (SSSR count). The summed E-state index contributed by atoms with van der Waals surface area (Å²) >= 11 is 0. The van der Waals surface area contributed by atoms with Crippen LogP contribution in [-0.2, 0) is 17.8 Å². The maximum absolute atomic E-state index is 13.3. The summed E-state index contributed by atoms with van der Waals surface area (Å²) in [6.45, 7) is 3.39. The number of anilines is 4. The van der Waals surface area contributed by atoms with Crippen molar-refractivity contribution in [3.8, 4) is 0 Å². The standard InChI is InChI=1S/C29H37FN6O/c1-2-3-9-26(37)18-21-12-16-25(17-13-21)33-29-35-27(31-19-22-7-5-4-6-8-22)34-28(36-29)32-20-23-10-14-24(30)15-11-23/h10-17,22H,2-9,18-20H2,1H3,(H3,31,32,33,34,35,36). The molecule has 1 fully saturated rings. The van der Waals surface area contributed by atoms with Gasteiger partial charge < -0.3 is 16.0 Å². The first-order chi connectivity index (χ1) is 18.1. The lowest BCUT2D eigenvalue weighted by molar-refractivity contribution is -0.118. The summed E-state index contributed by atoms with van der Waals surface area (Å²) in [5.41, 5.74) is 2.76. The van der Waals surface area contributed by atoms with Crippen LogP contribution in [0.4, 0.5) is 27.9 Å². The summed E-state index contributed by atoms with van der Waals surface area (Å²) in [7, 11) is 0. The minimum Gasteiger partial charge on any atom is -0.354 e. The number of hydrogen-bond acceptors (Lipinski definition) is 7. The number of unbranched alkanes of at least 4 members (excludes halogenated alkanes) is 1. The first kappa shape index (κ1) is 26.5. The van der Waals surface area contributed by atoms with Gasteiger partial charge in [0.25, 0.3) is 0 Å². The van der Waals surface area contributed by atoms with Crippen LogP contribution in [0.25, 0.3) is 0 Å². The van der Waals surface area contributed by atoms with Crippen molar-refractivity contribution in [1.29, 1.82) is 0 Å². The van der Waals surface area contributed by atoms with E-state index in [-0.39, 0.29) is 11.6 Å². The molecule has 1 saturated carbocycles. The fourth-order valence-electron chi connectivity index (χ4n) is 4.53. The molecule has 0 saturated heterocycles. The predicted octanol–water partition coefficient (Wildman–Crippen LogP) is 6.66. The van der Waals surface area contributed by atoms with E-state index >= 15 is 0 Å². The van der Waals surface area contributed by atoms with Gasteiger partial charge in [-0.1, -0.05) is 56.9 Å². The molecule has 3 aromatic rings. The highest BCUT2D eigenvalue weighted by Crippen LogP contribution is 2.24. The number of Topliss-reactive ketones (excluding diaryl/α,β-unsaturated/α-hetero) is 1. The average Bonchev–Trinajstić information content (AvgIpc) is 2.92. The Kier molecular flexibility index (Phi) is 9.80. The number of nitrogens with zero attached hydrogens (tertiary/aromatic N) is 3. The number of carbonyl (C=O) groups is 1. The molecule has 7 nitrogen and oxygen atoms in total. The molecule has 1 aliphatic rings. The Morgan fingerprint density at radius 1 is 0.865 bits per heavy atom. The van der Waals surface area contributed by atoms with Gasteiger partial charge in [-0.25, -0.2) is 4.39 Å². The van der Waals surface area contributed by atoms with Crippen LogP contribution in [0.1, 0.15) is 69.4 Å². The van der Waals surface area contributed by atoms with E-state index in [1.807, 2.05) is 24.3 Å². The van der Waals surface area contributed by atoms with Gasteiger partial charge in [-0.15, -0.1) is 0 Å². The summed E-state index contributed by atoms with van der Waals surface area (Å²) < 4.78 is 13.3. The van der Waals surface area contributed by atoms with Crippen molar-refractivity contribution in [2.75, 3.05) is 22.5 Å². The van der Waals surface area contributed by atoms with Crippen LogP contribution >= 0.6 is 0 Å². The van der Waals surface area contributed by atoms with Crippen molar-refractivity contribution >= 4 is 29.3 Å². The highest BCUT2D eigenvalue weighted by atomic mass is 19.1. The largest absolute Gasteiger partial charge is 0.354 e. The Balaban J connectivity index is 1.43. The second-order valence-corrected chi connectivity index (χ2v) is 9.81. The van der Waals surface area contributed by atoms with Crippen molar-refractivity contribution in [1.82, 2.24) is 15.0 Å². The van der Waals surface area contributed by atoms with E-state index in [4.69, 9.17) is 0 Å². The molecule has 0 radical (unpaired) electrons. The van der Waals surface area contributed by atoms with Crippen LogP contribution in [0.3, 0.4) is 0 Å². The third-order valence-electron chi connectivity index (χ3n) is 6.69. The fourth-order valence-corrected chi connectivity index (χ4v) is 4.53. The normalized spacial score (nSPS) is 13.8. The molecule has 1 aromatic heterocycles. The maximum atomic E-state index is 13.3. The third kappa shape index (κ3) is 8.81. The molecule has 3 N–H and O–H groups in total. The van der Waals surface area contributed by atoms with Crippen LogP contribution < -0.4 is 16.0 Å². The summed E-state index contributed by atoms with van der Waals surface area (Å²) in [4.78, 5) is 25.8. The molecule has 0 bridgehead atoms. The van der Waals surface area contributed by atoms with Gasteiger partial charge in [-0.2, -0.15) is 15.0 Å². The van der Waals surface area contributed by atoms with Gasteiger partial charge in [0.05, 0.1) is 0 Å². The summed E-state index contributed by atoms with van der Waals surface area (Å²) in [5, 5.41) is 9.90. The Morgan fingerprint density at radius 3 is 2.22 bits per heavy atom. The molecule has 1 heterocycles. The van der Waals surface area contributed by atoms with E-state index in [2.05, 4.69) is 37.8 Å². The van der Waals surface area contributed by atoms with Crippen molar-refractivity contribution in [3.05, 3.63) is 65.5 Å². The van der Waals surface area contributed by atoms with Gasteiger partial charge in [0.15, 0.2) is 0 Å². The number of halogens is 1. The van der Waals surface area contributed by atoms with Gasteiger partial charge >= 0.3 is 0 Å². The number of nitrogens with one attached hydrogen (secondary N) is 3. The van der Waals surface area contributed by atoms with Crippen LogP contribution in [0.15, 0.2) is 48.5 Å². The predicted molar refractivity (Wildman–Crippen MR) is 147 cm³/mol. The van der Waals surface area contributed by atoms with Crippen LogP contribution in [0.2, 0.25) is 0 Å². The monoisotopic (exact) mass is 504 g/mol. The molecule has 37 heavy (non-hydrogen) atoms. The zero-order chi connectivity index (χ0) is 25.9. The zero-order valence-electron chi connectivity index (χ0n) is 21.6. The summed E-state index contributed by atoms with van der Waals surface area (Å²) in [5.74, 6) is 2.01. The minimum atomic E-state index is -0.263. The van der Waals surface area contributed by atoms with Crippen molar-refractivity contribution < 1.29 is 9.18 Å². The lowest BCUT2D eigenvalue weighted by Gasteiger charge is -2.21. The van der Waals surface area contributed by atoms with Crippen molar-refractivity contribution in [2.45, 2.75) is 71.3 Å². The Bertz CT molecular complexity index is 1130. The van der Waals surface area contributed by atoms with Gasteiger partial charge in [-0.3, -0.25) is 4.79 Å². The van der Waals surface area contributed by atoms with Gasteiger partial charge in [0.1, 0.15) is 11.6 Å². The molecule has 0 atom stereocenters. The summed E-state index contributed by atoms with van der Waals surface area (Å²) in [6, 6.07) is 14.1. The average molecular weight is 505 g/mol. The van der Waals surface area contributed by atoms with E-state index in [1.54, 1.807) is 12.1 Å². The molecular weight excluding hydrogens is 467 g/mol. The molecule has 196 valence electrons. The SMILES string of the molecule is CCCCC(=O)Cc1ccc(Nc2nc(NCc3ccc(F)cc3)nc(NCC3CCCCC3)n2)cc1. The third-order valence-corrected chi connectivity index (χ3v) is 6.69. The van der Waals surface area contributed by atoms with Gasteiger partial charge in [0.2, 0.25) is 17.8 Å². The molecule has 0 spiro atoms. The zero-order valence-corrected chi connectivity index (χ0v) is 21.6. The van der Waals surface area contributed by atoms with Gasteiger partial charge in [-0.05, 0) is 60.6 Å². The van der Waals surface area contributed by atoms with Gasteiger partial charge in [0, 0.05) is 31.6 Å². The second kappa shape index (κ2) is 13.7. The number of benzene rings is 2. The first-order valence-electron chi connectivity index (χ1n) is 13.4. The lowest BCUT2D eigenvalue weighted by atomic mass is 9.89. The first-order valence-corrected chi connectivity index (χ1v) is 13.4. The number of hydrogen-bond donors (Lipinski definition) is 3. The Hall–Kier alpha value is -3.55. The fraction of sp³-hybridized carbons (Fsp3) is 0.448. The molecule has 2 aromatic carbocycles. The Labute approximate surface area is 218 Å². The molecule has 0 unspecified atom stereocenters. The molecule has 0 amide bonds. The number of aromatic nitrogens is 3. The Morgan fingerprint density at radius 2 is 1.51 bits per heavy atom. The van der Waals surface area contributed by atoms with Crippen LogP contribution in [-0.4, -0.2) is 27.3 Å². The molecule has 0 aliphatic heterocycles. The smallest absolute Gasteiger partial charge is 0.233 e. The topological polar surface area (TPSA) is 91.8 Å². The minimum absolute atomic E-state index is 0.263. The number of rotatable bonds is 13. The lowest BCUT2D eigenvalue weighted by Crippen LogP contribution is -2.19. The number of carbonyl (C=O) groups excluding carboxylic acids is 1. The van der Waals surface area contributed by atoms with E-state index in [0.717, 1.165) is 36.2 Å². The second-order valence-electron chi connectivity index (χ2n) is 9.81.